The first-order chi connectivity index (χ1) is 19.2. The molecule has 1 unspecified atom stereocenters. The number of amides is 2. The molecule has 2 heterocycles. The van der Waals surface area contributed by atoms with Crippen LogP contribution >= 0.6 is 19.2 Å². The molecule has 1 aromatic heterocycles. The number of carbonyl (C=O) groups excluding carboxylic acids is 3. The Labute approximate surface area is 236 Å². The fourth-order valence-corrected chi connectivity index (χ4v) is 5.88. The first-order valence-electron chi connectivity index (χ1n) is 12.4. The quantitative estimate of drug-likeness (QED) is 0.210. The van der Waals surface area contributed by atoms with Crippen LogP contribution in [0.1, 0.15) is 35.7 Å². The van der Waals surface area contributed by atoms with E-state index in [4.69, 9.17) is 11.6 Å². The van der Waals surface area contributed by atoms with Gasteiger partial charge < -0.3 is 19.7 Å². The summed E-state index contributed by atoms with van der Waals surface area (Å²) in [6, 6.07) is 7.02. The number of carbonyl (C=O) groups is 3. The number of halogens is 5. The SMILES string of the molecule is CC(=O)c1cn(CC(=O)N2CCC[C@H]2C(=O)NCc2cccc(Cl)c2F)c2cc(P(=O)(O)OCC(F)(F)F)ccc12. The Kier molecular flexibility index (Phi) is 8.93. The Bertz CT molecular complexity index is 1560. The molecule has 41 heavy (non-hydrogen) atoms. The van der Waals surface area contributed by atoms with Crippen LogP contribution in [0.15, 0.2) is 42.6 Å². The minimum Gasteiger partial charge on any atom is -0.350 e. The van der Waals surface area contributed by atoms with Crippen molar-refractivity contribution in [2.75, 3.05) is 13.2 Å². The fourth-order valence-electron chi connectivity index (χ4n) is 4.66. The number of nitrogens with one attached hydrogen (secondary N) is 1. The summed E-state index contributed by atoms with van der Waals surface area (Å²) in [7, 11) is -4.90. The molecule has 1 fully saturated rings. The highest BCUT2D eigenvalue weighted by atomic mass is 35.5. The standard InChI is InChI=1S/C26H25ClF4N3O6P/c1-15(35)19-12-33(22-10-17(7-8-18(19)22)41(38,39)40-14-26(29,30)31)13-23(36)34-9-3-6-21(34)25(37)32-11-16-4-2-5-20(27)24(16)28/h2,4-5,7-8,10,12,21H,3,6,9,11,13-14H2,1H3,(H,32,37)(H,38,39)/t21-/m0/s1. The van der Waals surface area contributed by atoms with Gasteiger partial charge in [0.1, 0.15) is 18.4 Å². The normalized spacial score (nSPS) is 17.0. The van der Waals surface area contributed by atoms with Crippen LogP contribution in [0.3, 0.4) is 0 Å². The molecule has 1 saturated heterocycles. The highest BCUT2D eigenvalue weighted by Gasteiger charge is 2.36. The molecule has 0 spiro atoms. The van der Waals surface area contributed by atoms with Crippen LogP contribution in [0.4, 0.5) is 17.6 Å². The van der Waals surface area contributed by atoms with E-state index in [1.165, 1.54) is 40.8 Å². The van der Waals surface area contributed by atoms with Crippen molar-refractivity contribution < 1.29 is 45.9 Å². The molecule has 3 aromatic rings. The number of fused-ring (bicyclic) bond motifs is 1. The summed E-state index contributed by atoms with van der Waals surface area (Å²) in [5.41, 5.74) is 0.499. The Morgan fingerprint density at radius 1 is 1.22 bits per heavy atom. The second-order valence-electron chi connectivity index (χ2n) is 9.51. The van der Waals surface area contributed by atoms with Crippen molar-refractivity contribution in [3.05, 3.63) is 64.6 Å². The van der Waals surface area contributed by atoms with Gasteiger partial charge in [0, 0.05) is 35.8 Å². The van der Waals surface area contributed by atoms with Gasteiger partial charge in [0.15, 0.2) is 12.4 Å². The van der Waals surface area contributed by atoms with Crippen LogP contribution in [0.2, 0.25) is 5.02 Å². The summed E-state index contributed by atoms with van der Waals surface area (Å²) in [5.74, 6) is -2.04. The van der Waals surface area contributed by atoms with Gasteiger partial charge in [-0.2, -0.15) is 13.2 Å². The Morgan fingerprint density at radius 2 is 1.95 bits per heavy atom. The van der Waals surface area contributed by atoms with E-state index >= 15 is 0 Å². The van der Waals surface area contributed by atoms with Crippen molar-refractivity contribution >= 4 is 53.0 Å². The smallest absolute Gasteiger partial charge is 0.350 e. The van der Waals surface area contributed by atoms with E-state index < -0.39 is 49.4 Å². The molecule has 2 atom stereocenters. The number of ketones is 1. The third-order valence-corrected chi connectivity index (χ3v) is 8.34. The molecule has 1 aliphatic rings. The van der Waals surface area contributed by atoms with Crippen molar-refractivity contribution in [2.24, 2.45) is 0 Å². The van der Waals surface area contributed by atoms with Gasteiger partial charge in [-0.05, 0) is 38.0 Å². The fraction of sp³-hybridized carbons (Fsp3) is 0.346. The summed E-state index contributed by atoms with van der Waals surface area (Å²) in [6.07, 6.45) is -2.59. The van der Waals surface area contributed by atoms with Gasteiger partial charge in [-0.3, -0.25) is 23.5 Å². The predicted octanol–water partition coefficient (Wildman–Crippen LogP) is 4.33. The molecule has 4 rings (SSSR count). The summed E-state index contributed by atoms with van der Waals surface area (Å²) < 4.78 is 70.0. The number of aromatic nitrogens is 1. The zero-order valence-corrected chi connectivity index (χ0v) is 23.2. The molecule has 15 heteroatoms. The molecule has 0 aliphatic carbocycles. The molecule has 2 amide bonds. The third-order valence-electron chi connectivity index (χ3n) is 6.64. The van der Waals surface area contributed by atoms with E-state index in [1.54, 1.807) is 6.07 Å². The van der Waals surface area contributed by atoms with Crippen molar-refractivity contribution in [3.63, 3.8) is 0 Å². The molecular formula is C26H25ClF4N3O6P. The van der Waals surface area contributed by atoms with Crippen LogP contribution in [0, 0.1) is 5.82 Å². The first-order valence-corrected chi connectivity index (χ1v) is 14.3. The lowest BCUT2D eigenvalue weighted by Gasteiger charge is -2.24. The van der Waals surface area contributed by atoms with Crippen LogP contribution in [-0.4, -0.2) is 57.3 Å². The number of alkyl halides is 3. The predicted molar refractivity (Wildman–Crippen MR) is 141 cm³/mol. The van der Waals surface area contributed by atoms with Crippen LogP contribution in [0.5, 0.6) is 0 Å². The maximum atomic E-state index is 14.2. The first kappa shape index (κ1) is 30.7. The lowest BCUT2D eigenvalue weighted by atomic mass is 10.1. The van der Waals surface area contributed by atoms with Gasteiger partial charge in [-0.1, -0.05) is 29.8 Å². The van der Waals surface area contributed by atoms with Crippen molar-refractivity contribution in [1.82, 2.24) is 14.8 Å². The van der Waals surface area contributed by atoms with Gasteiger partial charge in [0.25, 0.3) is 0 Å². The second kappa shape index (κ2) is 11.9. The Hall–Kier alpha value is -3.25. The van der Waals surface area contributed by atoms with Gasteiger partial charge in [-0.25, -0.2) is 4.39 Å². The summed E-state index contributed by atoms with van der Waals surface area (Å²) in [4.78, 5) is 50.0. The number of rotatable bonds is 9. The molecular weight excluding hydrogens is 593 g/mol. The van der Waals surface area contributed by atoms with Gasteiger partial charge in [0.2, 0.25) is 11.8 Å². The number of benzene rings is 2. The van der Waals surface area contributed by atoms with Gasteiger partial charge in [-0.15, -0.1) is 0 Å². The van der Waals surface area contributed by atoms with Crippen molar-refractivity contribution in [1.29, 1.82) is 0 Å². The molecule has 220 valence electrons. The summed E-state index contributed by atoms with van der Waals surface area (Å²) in [5, 5.41) is 2.38. The van der Waals surface area contributed by atoms with Crippen molar-refractivity contribution in [3.8, 4) is 0 Å². The number of nitrogens with zero attached hydrogens (tertiary/aromatic N) is 2. The van der Waals surface area contributed by atoms with E-state index in [0.717, 1.165) is 12.1 Å². The summed E-state index contributed by atoms with van der Waals surface area (Å²) in [6.45, 7) is -0.932. The zero-order chi connectivity index (χ0) is 30.1. The number of Topliss-reactive ketones (excluding diaryl/α,β-unsaturated/α-hetero) is 1. The number of likely N-dealkylation sites (tertiary alicyclic amines) is 1. The molecule has 2 N–H and O–H groups in total. The maximum Gasteiger partial charge on any atom is 0.412 e. The van der Waals surface area contributed by atoms with Crippen LogP contribution in [0.25, 0.3) is 10.9 Å². The molecule has 0 radical (unpaired) electrons. The second-order valence-corrected chi connectivity index (χ2v) is 11.7. The van der Waals surface area contributed by atoms with E-state index in [2.05, 4.69) is 9.84 Å². The molecule has 9 nitrogen and oxygen atoms in total. The van der Waals surface area contributed by atoms with Crippen LogP contribution in [-0.2, 0) is 31.8 Å². The minimum absolute atomic E-state index is 0.0917. The number of hydrogen-bond acceptors (Lipinski definition) is 5. The average molecular weight is 618 g/mol. The lowest BCUT2D eigenvalue weighted by molar-refractivity contribution is -0.154. The van der Waals surface area contributed by atoms with E-state index in [0.29, 0.717) is 18.2 Å². The molecule has 0 saturated carbocycles. The molecule has 0 bridgehead atoms. The highest BCUT2D eigenvalue weighted by molar-refractivity contribution is 7.61. The topological polar surface area (TPSA) is 118 Å². The highest BCUT2D eigenvalue weighted by Crippen LogP contribution is 2.43. The number of hydrogen-bond donors (Lipinski definition) is 2. The largest absolute Gasteiger partial charge is 0.412 e. The van der Waals surface area contributed by atoms with Gasteiger partial charge in [0.05, 0.1) is 15.8 Å². The van der Waals surface area contributed by atoms with Crippen molar-refractivity contribution in [2.45, 2.75) is 45.1 Å². The van der Waals surface area contributed by atoms with Gasteiger partial charge >= 0.3 is 13.8 Å². The summed E-state index contributed by atoms with van der Waals surface area (Å²) >= 11 is 5.78. The molecule has 2 aromatic carbocycles. The maximum absolute atomic E-state index is 14.2. The van der Waals surface area contributed by atoms with E-state index in [9.17, 15) is 41.4 Å². The van der Waals surface area contributed by atoms with E-state index in [1.807, 2.05) is 0 Å². The lowest BCUT2D eigenvalue weighted by Crippen LogP contribution is -2.46. The van der Waals surface area contributed by atoms with E-state index in [-0.39, 0.29) is 47.1 Å². The Balaban J connectivity index is 1.55. The third kappa shape index (κ3) is 6.98. The zero-order valence-electron chi connectivity index (χ0n) is 21.6. The minimum atomic E-state index is -4.90. The van der Waals surface area contributed by atoms with Crippen LogP contribution < -0.4 is 10.6 Å². The average Bonchev–Trinajstić information content (AvgIpc) is 3.53. The Morgan fingerprint density at radius 3 is 2.63 bits per heavy atom. The molecule has 1 aliphatic heterocycles. The monoisotopic (exact) mass is 617 g/mol.